The standard InChI is InChI=1S/C10H20N2O3S/c13-10(3-4-11-7-10)8-12-9-2-1-5-16(14,15)6-9/h9,11-13H,1-8H2. The third kappa shape index (κ3) is 3.16. The summed E-state index contributed by atoms with van der Waals surface area (Å²) in [6.45, 7) is 1.92. The Morgan fingerprint density at radius 3 is 2.94 bits per heavy atom. The molecule has 0 aromatic carbocycles. The monoisotopic (exact) mass is 248 g/mol. The molecule has 94 valence electrons. The average molecular weight is 248 g/mol. The molecule has 2 saturated heterocycles. The fraction of sp³-hybridized carbons (Fsp3) is 1.00. The van der Waals surface area contributed by atoms with Gasteiger partial charge in [-0.15, -0.1) is 0 Å². The number of hydrogen-bond donors (Lipinski definition) is 3. The lowest BCUT2D eigenvalue weighted by molar-refractivity contribution is 0.0583. The number of rotatable bonds is 3. The molecule has 0 aromatic rings. The SMILES string of the molecule is O=S1(=O)CCCC(NCC2(O)CCNC2)C1. The van der Waals surface area contributed by atoms with Gasteiger partial charge in [-0.1, -0.05) is 0 Å². The Hall–Kier alpha value is -0.170. The topological polar surface area (TPSA) is 78.4 Å². The summed E-state index contributed by atoms with van der Waals surface area (Å²) in [6.07, 6.45) is 2.36. The zero-order valence-electron chi connectivity index (χ0n) is 9.41. The molecule has 0 amide bonds. The van der Waals surface area contributed by atoms with E-state index in [0.29, 0.717) is 18.8 Å². The van der Waals surface area contributed by atoms with Crippen LogP contribution >= 0.6 is 0 Å². The number of β-amino-alcohol motifs (C(OH)–C–C–N with tert-alkyl or cyclic N) is 1. The van der Waals surface area contributed by atoms with Gasteiger partial charge in [0.2, 0.25) is 0 Å². The second-order valence-corrected chi connectivity index (χ2v) is 7.21. The van der Waals surface area contributed by atoms with Gasteiger partial charge >= 0.3 is 0 Å². The molecule has 6 heteroatoms. The van der Waals surface area contributed by atoms with Crippen molar-refractivity contribution in [1.29, 1.82) is 0 Å². The van der Waals surface area contributed by atoms with E-state index in [4.69, 9.17) is 0 Å². The lowest BCUT2D eigenvalue weighted by atomic mass is 10.0. The first kappa shape index (κ1) is 12.3. The van der Waals surface area contributed by atoms with Gasteiger partial charge in [-0.3, -0.25) is 0 Å². The van der Waals surface area contributed by atoms with Crippen LogP contribution in [0.5, 0.6) is 0 Å². The fourth-order valence-electron chi connectivity index (χ4n) is 2.40. The molecular formula is C10H20N2O3S. The summed E-state index contributed by atoms with van der Waals surface area (Å²) in [5.74, 6) is 0.535. The Kier molecular flexibility index (Phi) is 3.53. The maximum Gasteiger partial charge on any atom is 0.151 e. The molecule has 2 unspecified atom stereocenters. The molecule has 0 bridgehead atoms. The lowest BCUT2D eigenvalue weighted by Gasteiger charge is -2.28. The third-order valence-electron chi connectivity index (χ3n) is 3.40. The van der Waals surface area contributed by atoms with Gasteiger partial charge in [0, 0.05) is 19.1 Å². The van der Waals surface area contributed by atoms with Crippen molar-refractivity contribution in [2.45, 2.75) is 30.9 Å². The Morgan fingerprint density at radius 2 is 2.31 bits per heavy atom. The zero-order valence-corrected chi connectivity index (χ0v) is 10.2. The van der Waals surface area contributed by atoms with Crippen LogP contribution in [-0.4, -0.2) is 56.3 Å². The second-order valence-electron chi connectivity index (χ2n) is 4.99. The van der Waals surface area contributed by atoms with Gasteiger partial charge in [-0.25, -0.2) is 8.42 Å². The Bertz CT molecular complexity index is 336. The van der Waals surface area contributed by atoms with Crippen molar-refractivity contribution in [2.24, 2.45) is 0 Å². The molecular weight excluding hydrogens is 228 g/mol. The normalized spacial score (nSPS) is 38.7. The quantitative estimate of drug-likeness (QED) is 0.589. The molecule has 0 spiro atoms. The van der Waals surface area contributed by atoms with Crippen molar-refractivity contribution in [3.8, 4) is 0 Å². The van der Waals surface area contributed by atoms with Crippen LogP contribution in [0.3, 0.4) is 0 Å². The Labute approximate surface area is 96.5 Å². The maximum absolute atomic E-state index is 11.4. The van der Waals surface area contributed by atoms with Crippen LogP contribution in [-0.2, 0) is 9.84 Å². The van der Waals surface area contributed by atoms with Gasteiger partial charge in [0.25, 0.3) is 0 Å². The van der Waals surface area contributed by atoms with Crippen molar-refractivity contribution >= 4 is 9.84 Å². The van der Waals surface area contributed by atoms with Crippen molar-refractivity contribution in [3.63, 3.8) is 0 Å². The van der Waals surface area contributed by atoms with Gasteiger partial charge in [-0.2, -0.15) is 0 Å². The minimum absolute atomic E-state index is 0.0170. The van der Waals surface area contributed by atoms with Crippen LogP contribution in [0.25, 0.3) is 0 Å². The lowest BCUT2D eigenvalue weighted by Crippen LogP contribution is -2.49. The van der Waals surface area contributed by atoms with Crippen molar-refractivity contribution in [3.05, 3.63) is 0 Å². The number of hydrogen-bond acceptors (Lipinski definition) is 5. The highest BCUT2D eigenvalue weighted by Crippen LogP contribution is 2.16. The summed E-state index contributed by atoms with van der Waals surface area (Å²) in [5, 5.41) is 16.4. The summed E-state index contributed by atoms with van der Waals surface area (Å²) in [6, 6.07) is 0.0170. The Balaban J connectivity index is 1.81. The van der Waals surface area contributed by atoms with E-state index in [1.165, 1.54) is 0 Å². The minimum Gasteiger partial charge on any atom is -0.387 e. The van der Waals surface area contributed by atoms with Crippen molar-refractivity contribution < 1.29 is 13.5 Å². The predicted molar refractivity (Wildman–Crippen MR) is 62.1 cm³/mol. The van der Waals surface area contributed by atoms with Crippen LogP contribution in [0.4, 0.5) is 0 Å². The molecule has 0 radical (unpaired) electrons. The molecule has 2 heterocycles. The van der Waals surface area contributed by atoms with Crippen molar-refractivity contribution in [2.75, 3.05) is 31.1 Å². The first-order chi connectivity index (χ1) is 7.49. The Morgan fingerprint density at radius 1 is 1.50 bits per heavy atom. The molecule has 16 heavy (non-hydrogen) atoms. The largest absolute Gasteiger partial charge is 0.387 e. The summed E-state index contributed by atoms with van der Waals surface area (Å²) in [4.78, 5) is 0. The molecule has 2 aliphatic rings. The molecule has 2 fully saturated rings. The maximum atomic E-state index is 11.4. The van der Waals surface area contributed by atoms with Crippen LogP contribution in [0.15, 0.2) is 0 Å². The van der Waals surface area contributed by atoms with E-state index in [1.54, 1.807) is 0 Å². The molecule has 0 saturated carbocycles. The number of nitrogens with one attached hydrogen (secondary N) is 2. The molecule has 2 aliphatic heterocycles. The van der Waals surface area contributed by atoms with Crippen LogP contribution < -0.4 is 10.6 Å². The summed E-state index contributed by atoms with van der Waals surface area (Å²) < 4.78 is 22.8. The molecule has 2 rings (SSSR count). The van der Waals surface area contributed by atoms with Crippen LogP contribution in [0.1, 0.15) is 19.3 Å². The summed E-state index contributed by atoms with van der Waals surface area (Å²) in [7, 11) is -2.86. The van der Waals surface area contributed by atoms with Gasteiger partial charge in [0.15, 0.2) is 9.84 Å². The van der Waals surface area contributed by atoms with E-state index in [0.717, 1.165) is 25.8 Å². The molecule has 0 aliphatic carbocycles. The third-order valence-corrected chi connectivity index (χ3v) is 5.22. The summed E-state index contributed by atoms with van der Waals surface area (Å²) >= 11 is 0. The van der Waals surface area contributed by atoms with E-state index in [1.807, 2.05) is 0 Å². The van der Waals surface area contributed by atoms with E-state index < -0.39 is 15.4 Å². The molecule has 3 N–H and O–H groups in total. The molecule has 2 atom stereocenters. The second kappa shape index (κ2) is 4.60. The number of sulfone groups is 1. The van der Waals surface area contributed by atoms with E-state index in [2.05, 4.69) is 10.6 Å². The molecule has 0 aromatic heterocycles. The summed E-state index contributed by atoms with van der Waals surface area (Å²) in [5.41, 5.74) is -0.693. The van der Waals surface area contributed by atoms with Gasteiger partial charge in [0.05, 0.1) is 17.1 Å². The zero-order chi connectivity index (χ0) is 11.6. The smallest absolute Gasteiger partial charge is 0.151 e. The van der Waals surface area contributed by atoms with E-state index in [9.17, 15) is 13.5 Å². The highest BCUT2D eigenvalue weighted by molar-refractivity contribution is 7.91. The van der Waals surface area contributed by atoms with Gasteiger partial charge in [-0.05, 0) is 25.8 Å². The highest BCUT2D eigenvalue weighted by atomic mass is 32.2. The first-order valence-electron chi connectivity index (χ1n) is 5.86. The van der Waals surface area contributed by atoms with E-state index >= 15 is 0 Å². The van der Waals surface area contributed by atoms with E-state index in [-0.39, 0.29) is 11.8 Å². The highest BCUT2D eigenvalue weighted by Gasteiger charge is 2.32. The van der Waals surface area contributed by atoms with Crippen molar-refractivity contribution in [1.82, 2.24) is 10.6 Å². The minimum atomic E-state index is -2.86. The van der Waals surface area contributed by atoms with Gasteiger partial charge in [0.1, 0.15) is 0 Å². The van der Waals surface area contributed by atoms with Crippen LogP contribution in [0.2, 0.25) is 0 Å². The first-order valence-corrected chi connectivity index (χ1v) is 7.68. The van der Waals surface area contributed by atoms with Gasteiger partial charge < -0.3 is 15.7 Å². The predicted octanol–water partition coefficient (Wildman–Crippen LogP) is -1.12. The average Bonchev–Trinajstić information content (AvgIpc) is 2.62. The molecule has 5 nitrogen and oxygen atoms in total. The van der Waals surface area contributed by atoms with Crippen LogP contribution in [0, 0.1) is 0 Å². The number of aliphatic hydroxyl groups is 1. The fourth-order valence-corrected chi connectivity index (χ4v) is 4.07.